The van der Waals surface area contributed by atoms with Crippen LogP contribution in [0.3, 0.4) is 0 Å². The Labute approximate surface area is 72.7 Å². The second-order valence-electron chi connectivity index (χ2n) is 3.48. The van der Waals surface area contributed by atoms with E-state index in [4.69, 9.17) is 10.2 Å². The van der Waals surface area contributed by atoms with Crippen LogP contribution in [0.4, 0.5) is 0 Å². The lowest BCUT2D eigenvalue weighted by Gasteiger charge is -2.19. The first kappa shape index (κ1) is 7.87. The molecular weight excluding hydrogens is 150 g/mol. The smallest absolute Gasteiger partial charge is 0.110 e. The van der Waals surface area contributed by atoms with E-state index in [1.807, 2.05) is 0 Å². The van der Waals surface area contributed by atoms with Gasteiger partial charge in [-0.1, -0.05) is 0 Å². The quantitative estimate of drug-likeness (QED) is 0.728. The Hall–Kier alpha value is -0.760. The summed E-state index contributed by atoms with van der Waals surface area (Å²) in [6.07, 6.45) is 6.60. The topological polar surface area (TPSA) is 39.2 Å². The van der Waals surface area contributed by atoms with Gasteiger partial charge >= 0.3 is 0 Å². The highest BCUT2D eigenvalue weighted by atomic mass is 16.3. The van der Waals surface area contributed by atoms with E-state index in [-0.39, 0.29) is 0 Å². The maximum Gasteiger partial charge on any atom is 0.110 e. The summed E-state index contributed by atoms with van der Waals surface area (Å²) in [5, 5.41) is 0. The van der Waals surface area contributed by atoms with Gasteiger partial charge in [-0.3, -0.25) is 0 Å². The highest BCUT2D eigenvalue weighted by Gasteiger charge is 2.21. The van der Waals surface area contributed by atoms with E-state index in [1.165, 1.54) is 30.6 Å². The molecule has 0 radical (unpaired) electrons. The Balaban J connectivity index is 2.19. The number of hydrogen-bond acceptors (Lipinski definition) is 2. The predicted octanol–water partition coefficient (Wildman–Crippen LogP) is 2.05. The molecule has 1 aliphatic rings. The highest BCUT2D eigenvalue weighted by molar-refractivity contribution is 5.23. The summed E-state index contributed by atoms with van der Waals surface area (Å²) in [5.74, 6) is 1.79. The monoisotopic (exact) mass is 165 g/mol. The van der Waals surface area contributed by atoms with Crippen molar-refractivity contribution in [3.63, 3.8) is 0 Å². The van der Waals surface area contributed by atoms with E-state index in [0.717, 1.165) is 13.0 Å². The summed E-state index contributed by atoms with van der Waals surface area (Å²) in [5.41, 5.74) is 6.95. The van der Waals surface area contributed by atoms with Gasteiger partial charge in [0.25, 0.3) is 0 Å². The number of rotatable bonds is 2. The van der Waals surface area contributed by atoms with E-state index in [2.05, 4.69) is 6.07 Å². The molecule has 0 saturated heterocycles. The predicted molar refractivity (Wildman–Crippen MR) is 48.1 cm³/mol. The van der Waals surface area contributed by atoms with Crippen molar-refractivity contribution in [3.8, 4) is 0 Å². The number of hydrogen-bond donors (Lipinski definition) is 1. The molecule has 1 heterocycles. The van der Waals surface area contributed by atoms with Crippen LogP contribution in [0, 0.1) is 0 Å². The van der Waals surface area contributed by atoms with Gasteiger partial charge in [0.05, 0.1) is 6.26 Å². The molecule has 0 amide bonds. The average molecular weight is 165 g/mol. The second kappa shape index (κ2) is 3.31. The lowest BCUT2D eigenvalue weighted by Crippen LogP contribution is -2.12. The molecule has 66 valence electrons. The minimum atomic E-state index is 0.591. The highest BCUT2D eigenvalue weighted by Crippen LogP contribution is 2.33. The Morgan fingerprint density at radius 3 is 3.33 bits per heavy atom. The van der Waals surface area contributed by atoms with Crippen LogP contribution in [0.15, 0.2) is 16.7 Å². The van der Waals surface area contributed by atoms with Gasteiger partial charge in [0.2, 0.25) is 0 Å². The first-order valence-corrected chi connectivity index (χ1v) is 4.68. The Bertz CT molecular complexity index is 254. The summed E-state index contributed by atoms with van der Waals surface area (Å²) in [6, 6.07) is 2.10. The fourth-order valence-corrected chi connectivity index (χ4v) is 2.06. The molecule has 2 rings (SSSR count). The Morgan fingerprint density at radius 1 is 1.58 bits per heavy atom. The molecule has 0 bridgehead atoms. The number of aryl methyl sites for hydroxylation is 1. The fraction of sp³-hybridized carbons (Fsp3) is 0.600. The van der Waals surface area contributed by atoms with Gasteiger partial charge in [0.15, 0.2) is 0 Å². The molecule has 2 heteroatoms. The molecule has 12 heavy (non-hydrogen) atoms. The summed E-state index contributed by atoms with van der Waals surface area (Å²) < 4.78 is 5.47. The maximum absolute atomic E-state index is 5.54. The molecule has 1 atom stereocenters. The van der Waals surface area contributed by atoms with Crippen molar-refractivity contribution in [2.24, 2.45) is 5.73 Å². The van der Waals surface area contributed by atoms with Crippen molar-refractivity contribution >= 4 is 0 Å². The molecule has 0 spiro atoms. The molecule has 2 nitrogen and oxygen atoms in total. The van der Waals surface area contributed by atoms with Gasteiger partial charge in [-0.15, -0.1) is 0 Å². The third-order valence-corrected chi connectivity index (χ3v) is 2.67. The van der Waals surface area contributed by atoms with E-state index in [1.54, 1.807) is 6.26 Å². The molecule has 1 unspecified atom stereocenters. The zero-order chi connectivity index (χ0) is 8.39. The third kappa shape index (κ3) is 1.27. The van der Waals surface area contributed by atoms with Crippen molar-refractivity contribution in [2.45, 2.75) is 31.6 Å². The molecule has 1 aromatic rings. The van der Waals surface area contributed by atoms with Gasteiger partial charge in [0.1, 0.15) is 5.76 Å². The summed E-state index contributed by atoms with van der Waals surface area (Å²) in [4.78, 5) is 0. The second-order valence-corrected chi connectivity index (χ2v) is 3.48. The van der Waals surface area contributed by atoms with Gasteiger partial charge < -0.3 is 10.2 Å². The lowest BCUT2D eigenvalue weighted by atomic mass is 9.86. The largest absolute Gasteiger partial charge is 0.469 e. The zero-order valence-corrected chi connectivity index (χ0v) is 7.25. The van der Waals surface area contributed by atoms with Crippen LogP contribution < -0.4 is 5.73 Å². The molecular formula is C10H15NO. The van der Waals surface area contributed by atoms with Crippen molar-refractivity contribution < 1.29 is 4.42 Å². The molecule has 0 fully saturated rings. The molecule has 0 saturated carbocycles. The summed E-state index contributed by atoms with van der Waals surface area (Å²) in [7, 11) is 0. The number of furan rings is 1. The van der Waals surface area contributed by atoms with Crippen molar-refractivity contribution in [3.05, 3.63) is 23.7 Å². The molecule has 0 aliphatic heterocycles. The first-order chi connectivity index (χ1) is 5.92. The van der Waals surface area contributed by atoms with E-state index < -0.39 is 0 Å². The van der Waals surface area contributed by atoms with E-state index in [9.17, 15) is 0 Å². The summed E-state index contributed by atoms with van der Waals surface area (Å²) >= 11 is 0. The SMILES string of the molecule is NCCC1CCCc2ccoc21. The molecule has 0 aromatic carbocycles. The van der Waals surface area contributed by atoms with Crippen LogP contribution in [-0.2, 0) is 6.42 Å². The Morgan fingerprint density at radius 2 is 2.50 bits per heavy atom. The van der Waals surface area contributed by atoms with E-state index in [0.29, 0.717) is 5.92 Å². The van der Waals surface area contributed by atoms with Crippen molar-refractivity contribution in [1.29, 1.82) is 0 Å². The van der Waals surface area contributed by atoms with Crippen LogP contribution in [0.25, 0.3) is 0 Å². The van der Waals surface area contributed by atoms with Gasteiger partial charge in [-0.2, -0.15) is 0 Å². The maximum atomic E-state index is 5.54. The van der Waals surface area contributed by atoms with E-state index >= 15 is 0 Å². The number of fused-ring (bicyclic) bond motifs is 1. The average Bonchev–Trinajstić information content (AvgIpc) is 2.53. The van der Waals surface area contributed by atoms with Crippen LogP contribution in [0.5, 0.6) is 0 Å². The third-order valence-electron chi connectivity index (χ3n) is 2.67. The number of nitrogens with two attached hydrogens (primary N) is 1. The lowest BCUT2D eigenvalue weighted by molar-refractivity contribution is 0.404. The van der Waals surface area contributed by atoms with Crippen LogP contribution in [0.2, 0.25) is 0 Å². The fourth-order valence-electron chi connectivity index (χ4n) is 2.06. The minimum Gasteiger partial charge on any atom is -0.469 e. The van der Waals surface area contributed by atoms with Crippen LogP contribution in [-0.4, -0.2) is 6.54 Å². The van der Waals surface area contributed by atoms with Crippen LogP contribution in [0.1, 0.15) is 36.5 Å². The van der Waals surface area contributed by atoms with Crippen molar-refractivity contribution in [2.75, 3.05) is 6.54 Å². The molecule has 2 N–H and O–H groups in total. The standard InChI is InChI=1S/C10H15NO/c11-6-4-8-2-1-3-9-5-7-12-10(8)9/h5,7-8H,1-4,6,11H2. The Kier molecular flexibility index (Phi) is 2.17. The minimum absolute atomic E-state index is 0.591. The van der Waals surface area contributed by atoms with Crippen LogP contribution >= 0.6 is 0 Å². The first-order valence-electron chi connectivity index (χ1n) is 4.68. The normalized spacial score (nSPS) is 22.2. The molecule has 1 aliphatic carbocycles. The molecule has 1 aromatic heterocycles. The van der Waals surface area contributed by atoms with Gasteiger partial charge in [-0.05, 0) is 43.9 Å². The zero-order valence-electron chi connectivity index (χ0n) is 7.25. The van der Waals surface area contributed by atoms with Crippen molar-refractivity contribution in [1.82, 2.24) is 0 Å². The van der Waals surface area contributed by atoms with Gasteiger partial charge in [-0.25, -0.2) is 0 Å². The summed E-state index contributed by atoms with van der Waals surface area (Å²) in [6.45, 7) is 0.769. The van der Waals surface area contributed by atoms with Gasteiger partial charge in [0, 0.05) is 5.92 Å².